The molecule has 0 fully saturated rings. The van der Waals surface area contributed by atoms with Crippen LogP contribution in [0.25, 0.3) is 16.6 Å². The lowest BCUT2D eigenvalue weighted by Crippen LogP contribution is -2.33. The lowest BCUT2D eigenvalue weighted by Gasteiger charge is -2.30. The highest BCUT2D eigenvalue weighted by atomic mass is 16.3. The molecule has 3 aromatic heterocycles. The van der Waals surface area contributed by atoms with Crippen molar-refractivity contribution < 1.29 is 5.11 Å². The molecule has 0 amide bonds. The van der Waals surface area contributed by atoms with Gasteiger partial charge in [0, 0.05) is 30.2 Å². The highest BCUT2D eigenvalue weighted by Gasteiger charge is 2.22. The molecule has 192 valence electrons. The summed E-state index contributed by atoms with van der Waals surface area (Å²) in [5.41, 5.74) is 4.43. The number of aromatic nitrogens is 4. The van der Waals surface area contributed by atoms with Gasteiger partial charge in [-0.25, -0.2) is 14.3 Å². The van der Waals surface area contributed by atoms with Gasteiger partial charge in [-0.15, -0.1) is 6.58 Å². The summed E-state index contributed by atoms with van der Waals surface area (Å²) in [6.45, 7) is 7.53. The maximum atomic E-state index is 13.3. The van der Waals surface area contributed by atoms with Crippen LogP contribution in [0.2, 0.25) is 0 Å². The first-order chi connectivity index (χ1) is 17.7. The van der Waals surface area contributed by atoms with Gasteiger partial charge in [-0.05, 0) is 82.6 Å². The molecule has 5 rings (SSSR count). The van der Waals surface area contributed by atoms with Gasteiger partial charge in [0.25, 0.3) is 5.56 Å². The predicted octanol–water partition coefficient (Wildman–Crippen LogP) is 4.16. The molecule has 1 aliphatic rings. The Morgan fingerprint density at radius 3 is 2.73 bits per heavy atom. The first-order valence-electron chi connectivity index (χ1n) is 12.6. The van der Waals surface area contributed by atoms with Crippen LogP contribution in [0.1, 0.15) is 37.1 Å². The third-order valence-corrected chi connectivity index (χ3v) is 7.14. The van der Waals surface area contributed by atoms with Gasteiger partial charge in [0.05, 0.1) is 28.8 Å². The Labute approximate surface area is 216 Å². The number of pyridine rings is 2. The molecule has 0 radical (unpaired) electrons. The van der Waals surface area contributed by atoms with Crippen molar-refractivity contribution >= 4 is 22.4 Å². The number of aryl methyl sites for hydroxylation is 1. The molecule has 0 spiro atoms. The van der Waals surface area contributed by atoms with Crippen molar-refractivity contribution in [3.05, 3.63) is 88.6 Å². The molecule has 0 saturated carbocycles. The molecule has 3 heterocycles. The number of likely N-dealkylation sites (N-methyl/N-ethyl adjacent to an activating group) is 1. The molecule has 0 saturated heterocycles. The molecule has 1 unspecified atom stereocenters. The predicted molar refractivity (Wildman–Crippen MR) is 148 cm³/mol. The van der Waals surface area contributed by atoms with Gasteiger partial charge in [0.1, 0.15) is 11.4 Å². The van der Waals surface area contributed by atoms with E-state index in [9.17, 15) is 9.90 Å². The van der Waals surface area contributed by atoms with Crippen LogP contribution in [0.15, 0.2) is 66.2 Å². The van der Waals surface area contributed by atoms with E-state index >= 15 is 0 Å². The second kappa shape index (κ2) is 9.61. The number of nitrogens with one attached hydrogen (secondary N) is 1. The zero-order chi connectivity index (χ0) is 26.3. The lowest BCUT2D eigenvalue weighted by atomic mass is 9.87. The monoisotopic (exact) mass is 498 g/mol. The molecule has 37 heavy (non-hydrogen) atoms. The molecule has 1 aliphatic carbocycles. The quantitative estimate of drug-likeness (QED) is 0.372. The molecule has 1 aromatic carbocycles. The Balaban J connectivity index is 1.55. The number of benzene rings is 1. The standard InChI is InChI=1S/C29H34N6O2/c1-6-13-34-28(36)24-18-31-27(17-25(24)35(34)23-11-12-30-26(16-23)29(2,3)37)32-21-9-7-20-15-22(33(4)5)10-8-19(20)14-21/h6-7,9,11-12,14,16-18,22,37H,1,8,10,13,15H2,2-5H3,(H,31,32). The number of nitrogens with zero attached hydrogens (tertiary/aromatic N) is 5. The van der Waals surface area contributed by atoms with Crippen molar-refractivity contribution in [2.75, 3.05) is 19.4 Å². The second-order valence-corrected chi connectivity index (χ2v) is 10.5. The molecule has 4 aromatic rings. The van der Waals surface area contributed by atoms with Crippen LogP contribution in [0.3, 0.4) is 0 Å². The van der Waals surface area contributed by atoms with E-state index in [0.717, 1.165) is 30.6 Å². The van der Waals surface area contributed by atoms with Gasteiger partial charge in [-0.1, -0.05) is 12.1 Å². The SMILES string of the molecule is C=CCn1c(=O)c2cnc(Nc3ccc4c(c3)CCC(N(C)C)C4)cc2n1-c1ccnc(C(C)(C)O)c1. The number of hydrogen-bond donors (Lipinski definition) is 2. The summed E-state index contributed by atoms with van der Waals surface area (Å²) < 4.78 is 3.46. The van der Waals surface area contributed by atoms with E-state index in [0.29, 0.717) is 35.0 Å². The fraction of sp³-hybridized carbons (Fsp3) is 0.345. The third kappa shape index (κ3) is 4.82. The van der Waals surface area contributed by atoms with Gasteiger partial charge in [-0.2, -0.15) is 0 Å². The van der Waals surface area contributed by atoms with E-state index in [1.54, 1.807) is 43.1 Å². The Kier molecular flexibility index (Phi) is 6.47. The number of hydrogen-bond acceptors (Lipinski definition) is 6. The average Bonchev–Trinajstić information content (AvgIpc) is 3.14. The van der Waals surface area contributed by atoms with Crippen molar-refractivity contribution in [3.8, 4) is 5.69 Å². The Morgan fingerprint density at radius 1 is 1.19 bits per heavy atom. The molecule has 8 nitrogen and oxygen atoms in total. The van der Waals surface area contributed by atoms with E-state index in [1.165, 1.54) is 11.1 Å². The molecular weight excluding hydrogens is 464 g/mol. The summed E-state index contributed by atoms with van der Waals surface area (Å²) >= 11 is 0. The fourth-order valence-electron chi connectivity index (χ4n) is 5.07. The summed E-state index contributed by atoms with van der Waals surface area (Å²) in [6.07, 6.45) is 8.22. The first-order valence-corrected chi connectivity index (χ1v) is 12.6. The largest absolute Gasteiger partial charge is 0.384 e. The van der Waals surface area contributed by atoms with E-state index in [2.05, 4.69) is 59.1 Å². The number of allylic oxidation sites excluding steroid dienone is 1. The van der Waals surface area contributed by atoms with Crippen molar-refractivity contribution in [1.82, 2.24) is 24.2 Å². The van der Waals surface area contributed by atoms with Crippen molar-refractivity contribution in [3.63, 3.8) is 0 Å². The van der Waals surface area contributed by atoms with E-state index < -0.39 is 5.60 Å². The average molecular weight is 499 g/mol. The van der Waals surface area contributed by atoms with Gasteiger partial charge in [-0.3, -0.25) is 9.78 Å². The smallest absolute Gasteiger partial charge is 0.276 e. The summed E-state index contributed by atoms with van der Waals surface area (Å²) in [4.78, 5) is 24.4. The third-order valence-electron chi connectivity index (χ3n) is 7.14. The lowest BCUT2D eigenvalue weighted by molar-refractivity contribution is 0.0738. The maximum Gasteiger partial charge on any atom is 0.276 e. The van der Waals surface area contributed by atoms with E-state index in [-0.39, 0.29) is 5.56 Å². The normalized spacial score (nSPS) is 15.7. The van der Waals surface area contributed by atoms with Crippen LogP contribution in [0, 0.1) is 0 Å². The minimum atomic E-state index is -1.12. The molecule has 0 bridgehead atoms. The van der Waals surface area contributed by atoms with E-state index in [1.807, 2.05) is 16.8 Å². The van der Waals surface area contributed by atoms with Crippen LogP contribution in [0.4, 0.5) is 11.5 Å². The van der Waals surface area contributed by atoms with Crippen LogP contribution >= 0.6 is 0 Å². The summed E-state index contributed by atoms with van der Waals surface area (Å²) in [5, 5.41) is 14.5. The fourth-order valence-corrected chi connectivity index (χ4v) is 5.07. The first kappa shape index (κ1) is 24.9. The van der Waals surface area contributed by atoms with Crippen LogP contribution < -0.4 is 10.9 Å². The number of anilines is 2. The summed E-state index contributed by atoms with van der Waals surface area (Å²) in [7, 11) is 4.29. The van der Waals surface area contributed by atoms with Crippen molar-refractivity contribution in [2.45, 2.75) is 51.3 Å². The molecule has 1 atom stereocenters. The summed E-state index contributed by atoms with van der Waals surface area (Å²) in [5.74, 6) is 0.649. The molecule has 0 aliphatic heterocycles. The van der Waals surface area contributed by atoms with Crippen molar-refractivity contribution in [1.29, 1.82) is 0 Å². The number of aliphatic hydroxyl groups is 1. The van der Waals surface area contributed by atoms with Gasteiger partial charge >= 0.3 is 0 Å². The topological polar surface area (TPSA) is 88.2 Å². The number of rotatable bonds is 7. The van der Waals surface area contributed by atoms with Gasteiger partial charge in [0.2, 0.25) is 0 Å². The maximum absolute atomic E-state index is 13.3. The highest BCUT2D eigenvalue weighted by Crippen LogP contribution is 2.29. The molecule has 2 N–H and O–H groups in total. The molecular formula is C29H34N6O2. The van der Waals surface area contributed by atoms with Crippen LogP contribution in [0.5, 0.6) is 0 Å². The Morgan fingerprint density at radius 2 is 2.00 bits per heavy atom. The van der Waals surface area contributed by atoms with Gasteiger partial charge in [0.15, 0.2) is 0 Å². The zero-order valence-corrected chi connectivity index (χ0v) is 21.9. The van der Waals surface area contributed by atoms with Gasteiger partial charge < -0.3 is 15.3 Å². The highest BCUT2D eigenvalue weighted by molar-refractivity contribution is 5.83. The Bertz CT molecular complexity index is 1530. The molecule has 8 heteroatoms. The second-order valence-electron chi connectivity index (χ2n) is 10.5. The van der Waals surface area contributed by atoms with E-state index in [4.69, 9.17) is 0 Å². The van der Waals surface area contributed by atoms with Crippen LogP contribution in [-0.4, -0.2) is 49.5 Å². The minimum Gasteiger partial charge on any atom is -0.384 e. The van der Waals surface area contributed by atoms with Crippen molar-refractivity contribution in [2.24, 2.45) is 0 Å². The zero-order valence-electron chi connectivity index (χ0n) is 21.9. The number of fused-ring (bicyclic) bond motifs is 2. The Hall–Kier alpha value is -3.75. The summed E-state index contributed by atoms with van der Waals surface area (Å²) in [6, 6.07) is 12.6. The van der Waals surface area contributed by atoms with Crippen LogP contribution in [-0.2, 0) is 25.0 Å². The minimum absolute atomic E-state index is 0.153.